The first-order chi connectivity index (χ1) is 44.7. The standard InChI is InChI=1S/C69H66N10O13S/c1-37(2)32-78-59(85)52-29-66(62(88)73-49(56(82)74-66)14-8-9-23-70-65(93)71-42-17-20-46-45(26-42)61(87)92-69(46)47-21-18-43(80)27-54(47)91-55-28-44(81)19-22-48(55)69)34-76(52)63(89)68(78)31-53-60(86)79(33-39-15-16-40-12-6-7-13-41(40)24-39)67(64(90)77(53)36-68)30-51-57(83)72-50(58(84)75(51)35-67)25-38-10-4-3-5-11-38/h3-7,10-13,15-22,24,26-28,37,49-53,80-81H,8-9,14,23,25,29-36H2,1-2H3,(H,72,83)(H,73,88)(H,74,82)(H2,70,71,93)/t49-,50-,51-,52-,53-,66?,67?,68?/m0/s1. The summed E-state index contributed by atoms with van der Waals surface area (Å²) in [6, 6.07) is 31.7. The average molecular weight is 1280 g/mol. The summed E-state index contributed by atoms with van der Waals surface area (Å²) in [6.45, 7) is 3.24. The number of ether oxygens (including phenoxy) is 2. The van der Waals surface area contributed by atoms with Gasteiger partial charge in [-0.2, -0.15) is 0 Å². The van der Waals surface area contributed by atoms with Gasteiger partial charge in [-0.25, -0.2) is 4.79 Å². The van der Waals surface area contributed by atoms with Gasteiger partial charge < -0.3 is 70.8 Å². The highest BCUT2D eigenvalue weighted by molar-refractivity contribution is 7.80. The Bertz CT molecular complexity index is 4230. The fourth-order valence-electron chi connectivity index (χ4n) is 16.0. The maximum Gasteiger partial charge on any atom is 0.340 e. The van der Waals surface area contributed by atoms with Crippen LogP contribution in [0.1, 0.15) is 90.5 Å². The van der Waals surface area contributed by atoms with E-state index in [4.69, 9.17) is 21.7 Å². The van der Waals surface area contributed by atoms with Crippen LogP contribution in [0.5, 0.6) is 23.0 Å². The van der Waals surface area contributed by atoms with Crippen LogP contribution < -0.4 is 31.3 Å². The molecule has 23 nitrogen and oxygen atoms in total. The normalized spacial score (nSPS) is 27.1. The molecule has 0 radical (unpaired) electrons. The highest BCUT2D eigenvalue weighted by Crippen LogP contribution is 2.58. The third-order valence-electron chi connectivity index (χ3n) is 20.3. The molecule has 7 N–H and O–H groups in total. The van der Waals surface area contributed by atoms with Gasteiger partial charge in [0.05, 0.1) is 25.2 Å². The van der Waals surface area contributed by atoms with E-state index in [2.05, 4.69) is 26.6 Å². The second-order valence-electron chi connectivity index (χ2n) is 26.5. The molecule has 4 spiro atoms. The average Bonchev–Trinajstić information content (AvgIpc) is 1.60. The van der Waals surface area contributed by atoms with Gasteiger partial charge in [0.15, 0.2) is 10.7 Å². The minimum atomic E-state index is -1.76. The van der Waals surface area contributed by atoms with Crippen molar-refractivity contribution < 1.29 is 62.8 Å². The SMILES string of the molecule is CC(C)CN1C(=O)[C@@H]2CC3(CN2C(=O)C12C[C@H]1C(=O)N(Cc4ccc5ccccc5c4)C4(C[C@H]5C(=O)N[C@@H](Cc6ccccc6)C(=O)N5C4)C(=O)N1C2)NC(=O)[C@H](CCCCNC(=S)Nc1ccc2c(c1)C(=O)OC21c2ccc(O)cc2Oc2cc(O)ccc21)NC3=O. The van der Waals surface area contributed by atoms with E-state index < -0.39 is 99.7 Å². The van der Waals surface area contributed by atoms with E-state index in [1.54, 1.807) is 30.3 Å². The summed E-state index contributed by atoms with van der Waals surface area (Å²) in [7, 11) is 0. The van der Waals surface area contributed by atoms with E-state index >= 15 is 19.2 Å². The second kappa shape index (κ2) is 21.8. The van der Waals surface area contributed by atoms with Crippen molar-refractivity contribution in [1.82, 2.24) is 45.8 Å². The number of aromatic hydroxyl groups is 2. The Morgan fingerprint density at radius 2 is 1.27 bits per heavy atom. The lowest BCUT2D eigenvalue weighted by atomic mass is 9.77. The van der Waals surface area contributed by atoms with Crippen molar-refractivity contribution in [2.75, 3.05) is 38.0 Å². The number of nitrogens with zero attached hydrogens (tertiary/aromatic N) is 5. The minimum Gasteiger partial charge on any atom is -0.508 e. The van der Waals surface area contributed by atoms with Crippen LogP contribution >= 0.6 is 12.2 Å². The van der Waals surface area contributed by atoms with Crippen molar-refractivity contribution in [1.29, 1.82) is 0 Å². The van der Waals surface area contributed by atoms with Gasteiger partial charge in [-0.1, -0.05) is 86.6 Å². The lowest BCUT2D eigenvalue weighted by Crippen LogP contribution is -2.72. The summed E-state index contributed by atoms with van der Waals surface area (Å²) in [6.07, 6.45) is 0.828. The molecule has 3 unspecified atom stereocenters. The number of anilines is 1. The zero-order valence-electron chi connectivity index (χ0n) is 50.8. The first kappa shape index (κ1) is 59.2. The predicted molar refractivity (Wildman–Crippen MR) is 338 cm³/mol. The predicted octanol–water partition coefficient (Wildman–Crippen LogP) is 4.19. The van der Waals surface area contributed by atoms with Crippen molar-refractivity contribution in [3.05, 3.63) is 161 Å². The number of nitrogens with one attached hydrogen (secondary N) is 5. The zero-order chi connectivity index (χ0) is 64.6. The number of hydrogen-bond acceptors (Lipinski definition) is 14. The van der Waals surface area contributed by atoms with Crippen molar-refractivity contribution in [3.8, 4) is 23.0 Å². The summed E-state index contributed by atoms with van der Waals surface area (Å²) in [5.74, 6) is -4.29. The Balaban J connectivity index is 0.618. The van der Waals surface area contributed by atoms with E-state index in [0.29, 0.717) is 47.3 Å². The molecule has 9 heterocycles. The molecular weight excluding hydrogens is 1210 g/mol. The minimum absolute atomic E-state index is 0.0534. The molecule has 6 aromatic carbocycles. The molecule has 9 aliphatic rings. The van der Waals surface area contributed by atoms with Gasteiger partial charge in [0.1, 0.15) is 69.8 Å². The van der Waals surface area contributed by atoms with E-state index in [0.717, 1.165) is 16.3 Å². The van der Waals surface area contributed by atoms with Crippen LogP contribution in [0, 0.1) is 5.92 Å². The summed E-state index contributed by atoms with van der Waals surface area (Å²) in [5, 5.41) is 37.7. The number of carbonyl (C=O) groups is 9. The summed E-state index contributed by atoms with van der Waals surface area (Å²) < 4.78 is 12.3. The number of phenolic OH excluding ortho intramolecular Hbond substituents is 2. The van der Waals surface area contributed by atoms with E-state index in [1.807, 2.05) is 86.6 Å². The number of fused-ring (bicyclic) bond motifs is 10. The molecule has 8 amide bonds. The molecule has 0 aromatic heterocycles. The molecule has 7 fully saturated rings. The first-order valence-corrected chi connectivity index (χ1v) is 31.9. The van der Waals surface area contributed by atoms with E-state index in [-0.39, 0.29) is 110 Å². The molecule has 0 aliphatic carbocycles. The summed E-state index contributed by atoms with van der Waals surface area (Å²) >= 11 is 5.63. The van der Waals surface area contributed by atoms with Crippen molar-refractivity contribution in [2.24, 2.45) is 5.92 Å². The largest absolute Gasteiger partial charge is 0.508 e. The third-order valence-corrected chi connectivity index (χ3v) is 20.6. The second-order valence-corrected chi connectivity index (χ2v) is 26.9. The van der Waals surface area contributed by atoms with E-state index in [1.165, 1.54) is 48.8 Å². The van der Waals surface area contributed by atoms with Gasteiger partial charge in [-0.05, 0) is 102 Å². The van der Waals surface area contributed by atoms with Gasteiger partial charge in [0, 0.05) is 79.8 Å². The number of benzene rings is 6. The van der Waals surface area contributed by atoms with Gasteiger partial charge in [0.2, 0.25) is 35.4 Å². The number of carbonyl (C=O) groups excluding carboxylic acids is 9. The zero-order valence-corrected chi connectivity index (χ0v) is 51.6. The van der Waals surface area contributed by atoms with Crippen LogP contribution in [-0.4, -0.2) is 173 Å². The highest BCUT2D eigenvalue weighted by Gasteiger charge is 2.72. The molecular formula is C69H66N10O13S. The maximum absolute atomic E-state index is 15.9. The molecule has 0 saturated carbocycles. The highest BCUT2D eigenvalue weighted by atomic mass is 32.1. The number of thiocarbonyl (C=S) groups is 1. The van der Waals surface area contributed by atoms with Crippen LogP contribution in [-0.2, 0) is 61.7 Å². The van der Waals surface area contributed by atoms with Crippen molar-refractivity contribution >= 4 is 87.0 Å². The number of unbranched alkanes of at least 4 members (excludes halogenated alkanes) is 1. The molecule has 476 valence electrons. The van der Waals surface area contributed by atoms with Gasteiger partial charge in [-0.3, -0.25) is 38.4 Å². The van der Waals surface area contributed by atoms with Crippen LogP contribution in [0.15, 0.2) is 127 Å². The van der Waals surface area contributed by atoms with Gasteiger partial charge >= 0.3 is 5.97 Å². The first-order valence-electron chi connectivity index (χ1n) is 31.5. The Kier molecular flexibility index (Phi) is 13.9. The summed E-state index contributed by atoms with van der Waals surface area (Å²) in [5.41, 5.74) is -2.78. The lowest BCUT2D eigenvalue weighted by Gasteiger charge is -2.49. The van der Waals surface area contributed by atoms with Crippen LogP contribution in [0.2, 0.25) is 0 Å². The molecule has 6 aromatic rings. The number of piperazine rings is 4. The van der Waals surface area contributed by atoms with Gasteiger partial charge in [-0.15, -0.1) is 0 Å². The number of amides is 8. The Hall–Kier alpha value is -10.1. The Morgan fingerprint density at radius 1 is 0.624 bits per heavy atom. The maximum atomic E-state index is 15.9. The molecule has 24 heteroatoms. The molecule has 7 saturated heterocycles. The summed E-state index contributed by atoms with van der Waals surface area (Å²) in [4.78, 5) is 141. The molecule has 8 atom stereocenters. The monoisotopic (exact) mass is 1270 g/mol. The fraction of sp³-hybridized carbons (Fsp3) is 0.362. The Labute approximate surface area is 538 Å². The smallest absolute Gasteiger partial charge is 0.340 e. The van der Waals surface area contributed by atoms with E-state index in [9.17, 15) is 34.2 Å². The van der Waals surface area contributed by atoms with Crippen molar-refractivity contribution in [2.45, 2.75) is 118 Å². The van der Waals surface area contributed by atoms with Crippen LogP contribution in [0.4, 0.5) is 5.69 Å². The van der Waals surface area contributed by atoms with Crippen molar-refractivity contribution in [3.63, 3.8) is 0 Å². The van der Waals surface area contributed by atoms with Crippen LogP contribution in [0.25, 0.3) is 10.8 Å². The third kappa shape index (κ3) is 9.32. The quantitative estimate of drug-likeness (QED) is 0.0514. The molecule has 0 bridgehead atoms. The molecule has 15 rings (SSSR count). The fourth-order valence-corrected chi connectivity index (χ4v) is 16.2. The lowest BCUT2D eigenvalue weighted by molar-refractivity contribution is -0.170. The number of rotatable bonds is 12. The molecule has 9 aliphatic heterocycles. The topological polar surface area (TPSA) is 289 Å². The van der Waals surface area contributed by atoms with Gasteiger partial charge in [0.25, 0.3) is 11.8 Å². The molecule has 93 heavy (non-hydrogen) atoms. The number of phenols is 2. The Morgan fingerprint density at radius 3 is 2.00 bits per heavy atom. The number of hydrogen-bond donors (Lipinski definition) is 7. The van der Waals surface area contributed by atoms with Crippen LogP contribution in [0.3, 0.4) is 0 Å². The number of esters is 1.